The van der Waals surface area contributed by atoms with Crippen LogP contribution in [0.1, 0.15) is 29.8 Å². The second-order valence-electron chi connectivity index (χ2n) is 3.45. The van der Waals surface area contributed by atoms with E-state index in [-0.39, 0.29) is 5.91 Å². The van der Waals surface area contributed by atoms with Gasteiger partial charge in [0.1, 0.15) is 5.69 Å². The molecule has 0 saturated carbocycles. The molecule has 0 aromatic carbocycles. The van der Waals surface area contributed by atoms with Gasteiger partial charge in [0.15, 0.2) is 0 Å². The molecule has 5 heteroatoms. The minimum Gasteiger partial charge on any atom is -0.351 e. The summed E-state index contributed by atoms with van der Waals surface area (Å²) in [4.78, 5) is 11.6. The summed E-state index contributed by atoms with van der Waals surface area (Å²) in [7, 11) is 1.75. The lowest BCUT2D eigenvalue weighted by Crippen LogP contribution is -2.26. The summed E-state index contributed by atoms with van der Waals surface area (Å²) in [6.07, 6.45) is 4.66. The van der Waals surface area contributed by atoms with Gasteiger partial charge in [-0.15, -0.1) is 0 Å². The molecule has 0 bridgehead atoms. The van der Waals surface area contributed by atoms with E-state index in [4.69, 9.17) is 5.73 Å². The minimum atomic E-state index is -0.0669. The smallest absolute Gasteiger partial charge is 0.269 e. The van der Waals surface area contributed by atoms with E-state index in [0.29, 0.717) is 12.2 Å². The van der Waals surface area contributed by atoms with Gasteiger partial charge in [-0.3, -0.25) is 9.48 Å². The average Bonchev–Trinajstić information content (AvgIpc) is 2.64. The first-order chi connectivity index (χ1) is 7.25. The van der Waals surface area contributed by atoms with Crippen molar-refractivity contribution in [2.75, 3.05) is 13.1 Å². The third kappa shape index (κ3) is 3.71. The van der Waals surface area contributed by atoms with Crippen LogP contribution < -0.4 is 11.1 Å². The van der Waals surface area contributed by atoms with E-state index in [1.54, 1.807) is 24.0 Å². The van der Waals surface area contributed by atoms with E-state index in [1.807, 2.05) is 0 Å². The van der Waals surface area contributed by atoms with Crippen molar-refractivity contribution >= 4 is 5.91 Å². The van der Waals surface area contributed by atoms with Crippen molar-refractivity contribution in [1.82, 2.24) is 15.1 Å². The van der Waals surface area contributed by atoms with Gasteiger partial charge in [-0.05, 0) is 25.5 Å². The van der Waals surface area contributed by atoms with Gasteiger partial charge in [0.05, 0.1) is 0 Å². The Labute approximate surface area is 89.6 Å². The zero-order chi connectivity index (χ0) is 11.1. The van der Waals surface area contributed by atoms with Crippen LogP contribution in [0.3, 0.4) is 0 Å². The van der Waals surface area contributed by atoms with E-state index < -0.39 is 0 Å². The molecule has 84 valence electrons. The van der Waals surface area contributed by atoms with Crippen molar-refractivity contribution in [3.8, 4) is 0 Å². The number of hydrogen-bond donors (Lipinski definition) is 2. The average molecular weight is 210 g/mol. The number of carbonyl (C=O) groups is 1. The van der Waals surface area contributed by atoms with Crippen LogP contribution in [-0.2, 0) is 7.05 Å². The molecule has 1 heterocycles. The van der Waals surface area contributed by atoms with E-state index in [1.165, 1.54) is 0 Å². The van der Waals surface area contributed by atoms with Gasteiger partial charge in [-0.2, -0.15) is 5.10 Å². The van der Waals surface area contributed by atoms with Gasteiger partial charge in [-0.1, -0.05) is 6.42 Å². The highest BCUT2D eigenvalue weighted by molar-refractivity contribution is 5.92. The van der Waals surface area contributed by atoms with Gasteiger partial charge in [-0.25, -0.2) is 0 Å². The highest BCUT2D eigenvalue weighted by atomic mass is 16.2. The number of nitrogens with two attached hydrogens (primary N) is 1. The van der Waals surface area contributed by atoms with Crippen molar-refractivity contribution in [1.29, 1.82) is 0 Å². The van der Waals surface area contributed by atoms with Crippen LogP contribution >= 0.6 is 0 Å². The third-order valence-electron chi connectivity index (χ3n) is 2.22. The molecule has 0 atom stereocenters. The van der Waals surface area contributed by atoms with Gasteiger partial charge in [0.25, 0.3) is 5.91 Å². The number of rotatable bonds is 6. The first-order valence-corrected chi connectivity index (χ1v) is 5.22. The fraction of sp³-hybridized carbons (Fsp3) is 0.600. The van der Waals surface area contributed by atoms with E-state index in [0.717, 1.165) is 25.8 Å². The molecule has 5 nitrogen and oxygen atoms in total. The number of aryl methyl sites for hydroxylation is 1. The number of nitrogens with one attached hydrogen (secondary N) is 1. The summed E-state index contributed by atoms with van der Waals surface area (Å²) < 4.78 is 1.56. The van der Waals surface area contributed by atoms with Crippen molar-refractivity contribution in [2.24, 2.45) is 12.8 Å². The lowest BCUT2D eigenvalue weighted by molar-refractivity contribution is 0.0943. The Kier molecular flexibility index (Phi) is 4.83. The summed E-state index contributed by atoms with van der Waals surface area (Å²) in [6, 6.07) is 1.70. The molecule has 0 spiro atoms. The van der Waals surface area contributed by atoms with E-state index >= 15 is 0 Å². The third-order valence-corrected chi connectivity index (χ3v) is 2.22. The fourth-order valence-corrected chi connectivity index (χ4v) is 1.34. The maximum atomic E-state index is 11.6. The largest absolute Gasteiger partial charge is 0.351 e. The predicted molar refractivity (Wildman–Crippen MR) is 58.4 cm³/mol. The standard InChI is InChI=1S/C10H18N4O/c1-14-9(5-8-13-14)10(15)12-7-4-2-3-6-11/h5,8H,2-4,6-7,11H2,1H3,(H,12,15). The topological polar surface area (TPSA) is 72.9 Å². The number of aromatic nitrogens is 2. The lowest BCUT2D eigenvalue weighted by atomic mass is 10.2. The monoisotopic (exact) mass is 210 g/mol. The van der Waals surface area contributed by atoms with Gasteiger partial charge in [0.2, 0.25) is 0 Å². The number of unbranched alkanes of at least 4 members (excludes halogenated alkanes) is 2. The molecule has 0 saturated heterocycles. The highest BCUT2D eigenvalue weighted by Gasteiger charge is 2.07. The molecule has 0 fully saturated rings. The molecular weight excluding hydrogens is 192 g/mol. The first-order valence-electron chi connectivity index (χ1n) is 5.22. The number of nitrogens with zero attached hydrogens (tertiary/aromatic N) is 2. The van der Waals surface area contributed by atoms with Gasteiger partial charge < -0.3 is 11.1 Å². The molecule has 1 aromatic heterocycles. The molecule has 0 unspecified atom stereocenters. The summed E-state index contributed by atoms with van der Waals surface area (Å²) in [5, 5.41) is 6.78. The Hall–Kier alpha value is -1.36. The SMILES string of the molecule is Cn1nccc1C(=O)NCCCCCN. The van der Waals surface area contributed by atoms with Crippen molar-refractivity contribution in [2.45, 2.75) is 19.3 Å². The molecular formula is C10H18N4O. The Morgan fingerprint density at radius 3 is 2.93 bits per heavy atom. The number of hydrogen-bond acceptors (Lipinski definition) is 3. The minimum absolute atomic E-state index is 0.0669. The Balaban J connectivity index is 2.22. The molecule has 3 N–H and O–H groups in total. The number of carbonyl (C=O) groups excluding carboxylic acids is 1. The second-order valence-corrected chi connectivity index (χ2v) is 3.45. The maximum Gasteiger partial charge on any atom is 0.269 e. The zero-order valence-electron chi connectivity index (χ0n) is 9.07. The molecule has 1 rings (SSSR count). The normalized spacial score (nSPS) is 10.3. The molecule has 0 aliphatic rings. The van der Waals surface area contributed by atoms with Crippen molar-refractivity contribution < 1.29 is 4.79 Å². The molecule has 1 amide bonds. The Morgan fingerprint density at radius 2 is 2.33 bits per heavy atom. The van der Waals surface area contributed by atoms with E-state index in [2.05, 4.69) is 10.4 Å². The van der Waals surface area contributed by atoms with Gasteiger partial charge in [0, 0.05) is 19.8 Å². The predicted octanol–water partition coefficient (Wildman–Crippen LogP) is 0.279. The summed E-state index contributed by atoms with van der Waals surface area (Å²) in [5.74, 6) is -0.0669. The van der Waals surface area contributed by atoms with Crippen LogP contribution in [0, 0.1) is 0 Å². The quantitative estimate of drug-likeness (QED) is 0.662. The Bertz CT molecular complexity index is 308. The van der Waals surface area contributed by atoms with Crippen LogP contribution in [0.4, 0.5) is 0 Å². The van der Waals surface area contributed by atoms with Crippen LogP contribution in [0.25, 0.3) is 0 Å². The highest BCUT2D eigenvalue weighted by Crippen LogP contribution is 1.96. The molecule has 0 radical (unpaired) electrons. The molecule has 0 aliphatic carbocycles. The molecule has 1 aromatic rings. The van der Waals surface area contributed by atoms with Crippen LogP contribution in [0.2, 0.25) is 0 Å². The zero-order valence-corrected chi connectivity index (χ0v) is 9.07. The van der Waals surface area contributed by atoms with Crippen LogP contribution in [0.15, 0.2) is 12.3 Å². The van der Waals surface area contributed by atoms with Crippen LogP contribution in [-0.4, -0.2) is 28.8 Å². The maximum absolute atomic E-state index is 11.6. The van der Waals surface area contributed by atoms with Crippen molar-refractivity contribution in [3.63, 3.8) is 0 Å². The summed E-state index contributed by atoms with van der Waals surface area (Å²) >= 11 is 0. The second kappa shape index (κ2) is 6.19. The van der Waals surface area contributed by atoms with Gasteiger partial charge >= 0.3 is 0 Å². The summed E-state index contributed by atoms with van der Waals surface area (Å²) in [5.41, 5.74) is 5.96. The molecule has 0 aliphatic heterocycles. The van der Waals surface area contributed by atoms with E-state index in [9.17, 15) is 4.79 Å². The fourth-order valence-electron chi connectivity index (χ4n) is 1.34. The Morgan fingerprint density at radius 1 is 1.53 bits per heavy atom. The lowest BCUT2D eigenvalue weighted by Gasteiger charge is -2.04. The number of amides is 1. The van der Waals surface area contributed by atoms with Crippen LogP contribution in [0.5, 0.6) is 0 Å². The van der Waals surface area contributed by atoms with Crippen molar-refractivity contribution in [3.05, 3.63) is 18.0 Å². The molecule has 15 heavy (non-hydrogen) atoms. The summed E-state index contributed by atoms with van der Waals surface area (Å²) in [6.45, 7) is 1.42. The first kappa shape index (κ1) is 11.7.